The Hall–Kier alpha value is -0.260. The van der Waals surface area contributed by atoms with Crippen LogP contribution in [0.2, 0.25) is 0 Å². The maximum atomic E-state index is 12.3. The Morgan fingerprint density at radius 3 is 2.08 bits per heavy atom. The second kappa shape index (κ2) is 4.11. The topological polar surface area (TPSA) is 66.5 Å². The fraction of sp³-hybridized carbons (Fsp3) is 1.00. The molecule has 0 unspecified atom stereocenters. The summed E-state index contributed by atoms with van der Waals surface area (Å²) in [5.41, 5.74) is 5.22. The average molecular weight is 183 g/mol. The number of rotatable bonds is 4. The van der Waals surface area contributed by atoms with Crippen LogP contribution in [0, 0.1) is 0 Å². The zero-order valence-electron chi connectivity index (χ0n) is 7.17. The van der Waals surface area contributed by atoms with Crippen molar-refractivity contribution in [3.05, 3.63) is 0 Å². The first-order chi connectivity index (χ1) is 5.25. The molecular formula is C7H15F2NO2. The third-order valence-corrected chi connectivity index (χ3v) is 1.66. The van der Waals surface area contributed by atoms with E-state index >= 15 is 0 Å². The summed E-state index contributed by atoms with van der Waals surface area (Å²) in [5, 5.41) is 17.9. The molecule has 12 heavy (non-hydrogen) atoms. The van der Waals surface area contributed by atoms with Gasteiger partial charge in [-0.05, 0) is 6.92 Å². The van der Waals surface area contributed by atoms with E-state index in [0.717, 1.165) is 0 Å². The van der Waals surface area contributed by atoms with Gasteiger partial charge >= 0.3 is 0 Å². The van der Waals surface area contributed by atoms with Gasteiger partial charge in [-0.15, -0.1) is 0 Å². The molecule has 5 heteroatoms. The van der Waals surface area contributed by atoms with Crippen LogP contribution in [0.15, 0.2) is 0 Å². The fourth-order valence-corrected chi connectivity index (χ4v) is 0.650. The van der Waals surface area contributed by atoms with Gasteiger partial charge in [0.15, 0.2) is 0 Å². The second-order valence-electron chi connectivity index (χ2n) is 3.13. The second-order valence-corrected chi connectivity index (χ2v) is 3.13. The van der Waals surface area contributed by atoms with E-state index in [0.29, 0.717) is 6.92 Å². The molecule has 0 rings (SSSR count). The Labute approximate surface area is 70.2 Å². The molecule has 3 atom stereocenters. The van der Waals surface area contributed by atoms with E-state index in [-0.39, 0.29) is 0 Å². The van der Waals surface area contributed by atoms with Crippen molar-refractivity contribution in [1.82, 2.24) is 0 Å². The molecule has 0 radical (unpaired) electrons. The minimum absolute atomic E-state index is 0.402. The first-order valence-corrected chi connectivity index (χ1v) is 3.74. The van der Waals surface area contributed by atoms with Crippen molar-refractivity contribution in [2.45, 2.75) is 44.4 Å². The van der Waals surface area contributed by atoms with Gasteiger partial charge in [-0.2, -0.15) is 0 Å². The number of hydrogen-bond acceptors (Lipinski definition) is 3. The Kier molecular flexibility index (Phi) is 4.02. The first kappa shape index (κ1) is 11.7. The highest BCUT2D eigenvalue weighted by molar-refractivity contribution is 4.77. The summed E-state index contributed by atoms with van der Waals surface area (Å²) in [6.45, 7) is 2.09. The Morgan fingerprint density at radius 2 is 1.83 bits per heavy atom. The van der Waals surface area contributed by atoms with Crippen LogP contribution in [0.5, 0.6) is 0 Å². The lowest BCUT2D eigenvalue weighted by Gasteiger charge is -2.22. The van der Waals surface area contributed by atoms with Crippen LogP contribution in [0.1, 0.15) is 20.3 Å². The fourth-order valence-electron chi connectivity index (χ4n) is 0.650. The standard InChI is InChI=1S/C7H15F2NO2/c1-4(10)5(11)3-6(12)7(2,8)9/h4-6,11-12H,3,10H2,1-2H3/t4-,5-,6-/m0/s1. The SMILES string of the molecule is C[C@H](N)[C@@H](O)C[C@H](O)C(C)(F)F. The maximum absolute atomic E-state index is 12.3. The van der Waals surface area contributed by atoms with Crippen molar-refractivity contribution in [2.75, 3.05) is 0 Å². The van der Waals surface area contributed by atoms with Crippen LogP contribution in [-0.4, -0.2) is 34.4 Å². The molecule has 3 nitrogen and oxygen atoms in total. The Balaban J connectivity index is 3.93. The van der Waals surface area contributed by atoms with Crippen LogP contribution in [0.25, 0.3) is 0 Å². The summed E-state index contributed by atoms with van der Waals surface area (Å²) < 4.78 is 24.7. The van der Waals surface area contributed by atoms with Gasteiger partial charge in [-0.3, -0.25) is 0 Å². The van der Waals surface area contributed by atoms with E-state index in [4.69, 9.17) is 15.9 Å². The van der Waals surface area contributed by atoms with E-state index < -0.39 is 30.6 Å². The maximum Gasteiger partial charge on any atom is 0.270 e. The molecule has 0 amide bonds. The molecular weight excluding hydrogens is 168 g/mol. The smallest absolute Gasteiger partial charge is 0.270 e. The Bertz CT molecular complexity index is 136. The van der Waals surface area contributed by atoms with Gasteiger partial charge in [0, 0.05) is 19.4 Å². The van der Waals surface area contributed by atoms with Crippen molar-refractivity contribution in [2.24, 2.45) is 5.73 Å². The van der Waals surface area contributed by atoms with Crippen LogP contribution in [0.3, 0.4) is 0 Å². The molecule has 0 aliphatic carbocycles. The summed E-state index contributed by atoms with van der Waals surface area (Å²) in [5.74, 6) is -3.18. The van der Waals surface area contributed by atoms with Crippen LogP contribution >= 0.6 is 0 Å². The molecule has 0 aromatic rings. The normalized spacial score (nSPS) is 20.2. The van der Waals surface area contributed by atoms with E-state index in [1.165, 1.54) is 6.92 Å². The van der Waals surface area contributed by atoms with E-state index in [2.05, 4.69) is 0 Å². The summed E-state index contributed by atoms with van der Waals surface area (Å²) in [6.07, 6.45) is -3.33. The molecule has 4 N–H and O–H groups in total. The van der Waals surface area contributed by atoms with Crippen LogP contribution < -0.4 is 5.73 Å². The third kappa shape index (κ3) is 3.94. The van der Waals surface area contributed by atoms with Crippen molar-refractivity contribution in [3.63, 3.8) is 0 Å². The van der Waals surface area contributed by atoms with Crippen molar-refractivity contribution in [3.8, 4) is 0 Å². The molecule has 0 spiro atoms. The molecule has 0 aliphatic rings. The highest BCUT2D eigenvalue weighted by Crippen LogP contribution is 2.21. The average Bonchev–Trinajstić information content (AvgIpc) is 1.85. The van der Waals surface area contributed by atoms with Gasteiger partial charge in [-0.1, -0.05) is 0 Å². The lowest BCUT2D eigenvalue weighted by Crippen LogP contribution is -2.39. The number of aliphatic hydroxyl groups excluding tert-OH is 2. The number of hydrogen-bond donors (Lipinski definition) is 3. The van der Waals surface area contributed by atoms with E-state index in [9.17, 15) is 8.78 Å². The van der Waals surface area contributed by atoms with Gasteiger partial charge < -0.3 is 15.9 Å². The van der Waals surface area contributed by atoms with Crippen molar-refractivity contribution < 1.29 is 19.0 Å². The molecule has 0 aliphatic heterocycles. The minimum Gasteiger partial charge on any atom is -0.391 e. The first-order valence-electron chi connectivity index (χ1n) is 3.74. The molecule has 0 saturated carbocycles. The molecule has 0 fully saturated rings. The van der Waals surface area contributed by atoms with Crippen LogP contribution in [0.4, 0.5) is 8.78 Å². The molecule has 0 aromatic carbocycles. The van der Waals surface area contributed by atoms with Gasteiger partial charge in [-0.25, -0.2) is 8.78 Å². The van der Waals surface area contributed by atoms with Gasteiger partial charge in [0.05, 0.1) is 6.10 Å². The minimum atomic E-state index is -3.18. The lowest BCUT2D eigenvalue weighted by molar-refractivity contribution is -0.109. The summed E-state index contributed by atoms with van der Waals surface area (Å²) in [4.78, 5) is 0. The predicted molar refractivity (Wildman–Crippen MR) is 40.9 cm³/mol. The number of nitrogens with two attached hydrogens (primary N) is 1. The quantitative estimate of drug-likeness (QED) is 0.579. The summed E-state index contributed by atoms with van der Waals surface area (Å²) in [7, 11) is 0. The summed E-state index contributed by atoms with van der Waals surface area (Å²) >= 11 is 0. The highest BCUT2D eigenvalue weighted by Gasteiger charge is 2.34. The Morgan fingerprint density at radius 1 is 1.42 bits per heavy atom. The third-order valence-electron chi connectivity index (χ3n) is 1.66. The predicted octanol–water partition coefficient (Wildman–Crippen LogP) is 0.101. The lowest BCUT2D eigenvalue weighted by atomic mass is 10.0. The van der Waals surface area contributed by atoms with Crippen molar-refractivity contribution >= 4 is 0 Å². The largest absolute Gasteiger partial charge is 0.391 e. The molecule has 0 saturated heterocycles. The van der Waals surface area contributed by atoms with E-state index in [1.54, 1.807) is 0 Å². The molecule has 74 valence electrons. The van der Waals surface area contributed by atoms with Gasteiger partial charge in [0.2, 0.25) is 0 Å². The van der Waals surface area contributed by atoms with Crippen LogP contribution in [-0.2, 0) is 0 Å². The van der Waals surface area contributed by atoms with E-state index in [1.807, 2.05) is 0 Å². The molecule has 0 heterocycles. The number of aliphatic hydroxyl groups is 2. The van der Waals surface area contributed by atoms with Gasteiger partial charge in [0.1, 0.15) is 6.10 Å². The highest BCUT2D eigenvalue weighted by atomic mass is 19.3. The van der Waals surface area contributed by atoms with Crippen molar-refractivity contribution in [1.29, 1.82) is 0 Å². The number of alkyl halides is 2. The molecule has 0 aromatic heterocycles. The van der Waals surface area contributed by atoms with Gasteiger partial charge in [0.25, 0.3) is 5.92 Å². The zero-order valence-corrected chi connectivity index (χ0v) is 7.17. The monoisotopic (exact) mass is 183 g/mol. The number of halogens is 2. The molecule has 0 bridgehead atoms. The zero-order chi connectivity index (χ0) is 9.94. The summed E-state index contributed by atoms with van der Waals surface area (Å²) in [6, 6.07) is -0.609.